The molecular weight excluding hydrogens is 433 g/mol. The summed E-state index contributed by atoms with van der Waals surface area (Å²) >= 11 is 3.20. The van der Waals surface area contributed by atoms with Crippen molar-refractivity contribution in [3.05, 3.63) is 52.4 Å². The summed E-state index contributed by atoms with van der Waals surface area (Å²) in [7, 11) is 0. The molecule has 31 heavy (non-hydrogen) atoms. The molecule has 2 amide bonds. The number of fused-ring (bicyclic) bond motifs is 3. The molecule has 1 aromatic carbocycles. The fourth-order valence-electron chi connectivity index (χ4n) is 4.35. The molecule has 1 saturated heterocycles. The number of likely N-dealkylation sites (tertiary alicyclic amines) is 1. The first-order valence-electron chi connectivity index (χ1n) is 10.6. The molecule has 0 N–H and O–H groups in total. The highest BCUT2D eigenvalue weighted by atomic mass is 32.2. The maximum Gasteiger partial charge on any atom is 0.260 e. The van der Waals surface area contributed by atoms with Crippen LogP contribution in [0.25, 0.3) is 10.2 Å². The Labute approximate surface area is 188 Å². The molecule has 5 nitrogen and oxygen atoms in total. The standard InChI is InChI=1S/C23H22FN3O2S2/c24-15-10-8-14(9-11-15)22(28)27-12-4-3-7-18(23(27)29)31-21-19-16-5-1-2-6-17(16)30-20(19)25-13-26-21/h8-11,13,18H,1-7,12H2/t18-/m1/s1. The zero-order valence-corrected chi connectivity index (χ0v) is 18.6. The molecule has 0 bridgehead atoms. The smallest absolute Gasteiger partial charge is 0.260 e. The first-order valence-corrected chi connectivity index (χ1v) is 12.3. The fraction of sp³-hybridized carbons (Fsp3) is 0.391. The molecule has 1 atom stereocenters. The van der Waals surface area contributed by atoms with Crippen LogP contribution in [0.4, 0.5) is 4.39 Å². The number of hydrogen-bond donors (Lipinski definition) is 0. The highest BCUT2D eigenvalue weighted by molar-refractivity contribution is 8.00. The third-order valence-corrected chi connectivity index (χ3v) is 8.40. The first kappa shape index (κ1) is 20.6. The second-order valence-corrected chi connectivity index (χ2v) is 10.2. The molecule has 5 rings (SSSR count). The number of carbonyl (C=O) groups is 2. The van der Waals surface area contributed by atoms with E-state index in [4.69, 9.17) is 0 Å². The van der Waals surface area contributed by atoms with Gasteiger partial charge in [-0.25, -0.2) is 14.4 Å². The van der Waals surface area contributed by atoms with Crippen LogP contribution in [0.2, 0.25) is 0 Å². The van der Waals surface area contributed by atoms with Crippen LogP contribution in [0.3, 0.4) is 0 Å². The predicted octanol–water partition coefficient (Wildman–Crippen LogP) is 5.02. The quantitative estimate of drug-likeness (QED) is 0.410. The summed E-state index contributed by atoms with van der Waals surface area (Å²) in [4.78, 5) is 39.1. The molecule has 1 fully saturated rings. The van der Waals surface area contributed by atoms with Gasteiger partial charge in [0.2, 0.25) is 5.91 Å². The summed E-state index contributed by atoms with van der Waals surface area (Å²) in [5.74, 6) is -0.954. The zero-order valence-electron chi connectivity index (χ0n) is 17.0. The monoisotopic (exact) mass is 455 g/mol. The fourth-order valence-corrected chi connectivity index (χ4v) is 6.87. The Balaban J connectivity index is 1.44. The van der Waals surface area contributed by atoms with E-state index in [2.05, 4.69) is 9.97 Å². The van der Waals surface area contributed by atoms with Gasteiger partial charge in [-0.1, -0.05) is 18.2 Å². The van der Waals surface area contributed by atoms with Gasteiger partial charge in [-0.05, 0) is 68.4 Å². The Hall–Kier alpha value is -2.32. The highest BCUT2D eigenvalue weighted by Crippen LogP contribution is 2.41. The lowest BCUT2D eigenvalue weighted by atomic mass is 9.97. The van der Waals surface area contributed by atoms with Gasteiger partial charge in [-0.2, -0.15) is 0 Å². The van der Waals surface area contributed by atoms with E-state index >= 15 is 0 Å². The van der Waals surface area contributed by atoms with Crippen molar-refractivity contribution in [2.75, 3.05) is 6.54 Å². The Morgan fingerprint density at radius 2 is 1.90 bits per heavy atom. The predicted molar refractivity (Wildman–Crippen MR) is 120 cm³/mol. The number of aryl methyl sites for hydroxylation is 2. The summed E-state index contributed by atoms with van der Waals surface area (Å²) in [6, 6.07) is 5.37. The maximum absolute atomic E-state index is 13.4. The molecule has 160 valence electrons. The molecule has 0 saturated carbocycles. The number of hydrogen-bond acceptors (Lipinski definition) is 6. The van der Waals surface area contributed by atoms with Gasteiger partial charge in [0.1, 0.15) is 22.0 Å². The van der Waals surface area contributed by atoms with Gasteiger partial charge in [0.25, 0.3) is 5.91 Å². The van der Waals surface area contributed by atoms with Crippen molar-refractivity contribution in [2.45, 2.75) is 55.2 Å². The first-order chi connectivity index (χ1) is 15.1. The second kappa shape index (κ2) is 8.67. The SMILES string of the molecule is O=C(c1ccc(F)cc1)N1CCCC[C@@H](Sc2ncnc3sc4c(c23)CCCC4)C1=O. The van der Waals surface area contributed by atoms with E-state index in [-0.39, 0.29) is 17.1 Å². The number of nitrogens with zero attached hydrogens (tertiary/aromatic N) is 3. The van der Waals surface area contributed by atoms with E-state index in [9.17, 15) is 14.0 Å². The highest BCUT2D eigenvalue weighted by Gasteiger charge is 2.33. The molecule has 1 aliphatic heterocycles. The normalized spacial score (nSPS) is 19.3. The number of benzene rings is 1. The molecule has 1 aliphatic carbocycles. The molecule has 3 heterocycles. The van der Waals surface area contributed by atoms with Gasteiger partial charge in [0.05, 0.1) is 5.25 Å². The number of thioether (sulfide) groups is 1. The Morgan fingerprint density at radius 1 is 1.10 bits per heavy atom. The number of rotatable bonds is 3. The molecule has 8 heteroatoms. The topological polar surface area (TPSA) is 63.2 Å². The van der Waals surface area contributed by atoms with Crippen molar-refractivity contribution >= 4 is 45.1 Å². The van der Waals surface area contributed by atoms with Gasteiger partial charge in [0, 0.05) is 22.4 Å². The van der Waals surface area contributed by atoms with Crippen LogP contribution < -0.4 is 0 Å². The van der Waals surface area contributed by atoms with Gasteiger partial charge in [-0.15, -0.1) is 11.3 Å². The van der Waals surface area contributed by atoms with E-state index in [0.717, 1.165) is 40.9 Å². The maximum atomic E-state index is 13.4. The van der Waals surface area contributed by atoms with Crippen molar-refractivity contribution in [3.8, 4) is 0 Å². The number of carbonyl (C=O) groups excluding carboxylic acids is 2. The van der Waals surface area contributed by atoms with Crippen molar-refractivity contribution < 1.29 is 14.0 Å². The second-order valence-electron chi connectivity index (χ2n) is 7.97. The molecule has 3 aromatic rings. The molecule has 2 aromatic heterocycles. The van der Waals surface area contributed by atoms with Crippen molar-refractivity contribution in [1.29, 1.82) is 0 Å². The number of thiophene rings is 1. The molecule has 2 aliphatic rings. The van der Waals surface area contributed by atoms with E-state index in [0.29, 0.717) is 18.5 Å². The summed E-state index contributed by atoms with van der Waals surface area (Å²) in [5.41, 5.74) is 1.67. The number of imide groups is 1. The van der Waals surface area contributed by atoms with E-state index in [1.807, 2.05) is 0 Å². The van der Waals surface area contributed by atoms with E-state index < -0.39 is 5.82 Å². The average Bonchev–Trinajstić information content (AvgIpc) is 3.08. The lowest BCUT2D eigenvalue weighted by Gasteiger charge is -2.22. The third kappa shape index (κ3) is 3.99. The van der Waals surface area contributed by atoms with E-state index in [1.54, 1.807) is 17.7 Å². The van der Waals surface area contributed by atoms with Crippen LogP contribution in [0, 0.1) is 5.82 Å². The minimum absolute atomic E-state index is 0.187. The summed E-state index contributed by atoms with van der Waals surface area (Å²) in [6.45, 7) is 0.388. The van der Waals surface area contributed by atoms with Gasteiger partial charge >= 0.3 is 0 Å². The molecule has 0 unspecified atom stereocenters. The summed E-state index contributed by atoms with van der Waals surface area (Å²) < 4.78 is 13.3. The van der Waals surface area contributed by atoms with Crippen LogP contribution in [0.15, 0.2) is 35.6 Å². The van der Waals surface area contributed by atoms with Gasteiger partial charge < -0.3 is 0 Å². The van der Waals surface area contributed by atoms with Crippen LogP contribution >= 0.6 is 23.1 Å². The Kier molecular flexibility index (Phi) is 5.75. The van der Waals surface area contributed by atoms with Gasteiger partial charge in [0.15, 0.2) is 0 Å². The van der Waals surface area contributed by atoms with E-state index in [1.165, 1.54) is 64.2 Å². The Morgan fingerprint density at radius 3 is 2.74 bits per heavy atom. The summed E-state index contributed by atoms with van der Waals surface area (Å²) in [5, 5.41) is 1.57. The van der Waals surface area contributed by atoms with Crippen LogP contribution in [0.5, 0.6) is 0 Å². The minimum atomic E-state index is -0.404. The number of halogens is 1. The summed E-state index contributed by atoms with van der Waals surface area (Å²) in [6.07, 6.45) is 8.41. The largest absolute Gasteiger partial charge is 0.278 e. The van der Waals surface area contributed by atoms with Crippen molar-refractivity contribution in [2.24, 2.45) is 0 Å². The lowest BCUT2D eigenvalue weighted by molar-refractivity contribution is -0.127. The molecule has 0 radical (unpaired) electrons. The van der Waals surface area contributed by atoms with Crippen LogP contribution in [0.1, 0.15) is 52.9 Å². The van der Waals surface area contributed by atoms with Gasteiger partial charge in [-0.3, -0.25) is 14.5 Å². The molecule has 0 spiro atoms. The third-order valence-electron chi connectivity index (χ3n) is 5.95. The van der Waals surface area contributed by atoms with Crippen LogP contribution in [-0.4, -0.2) is 38.5 Å². The minimum Gasteiger partial charge on any atom is -0.278 e. The average molecular weight is 456 g/mol. The van der Waals surface area contributed by atoms with Crippen LogP contribution in [-0.2, 0) is 17.6 Å². The van der Waals surface area contributed by atoms with Crippen molar-refractivity contribution in [3.63, 3.8) is 0 Å². The zero-order chi connectivity index (χ0) is 21.4. The van der Waals surface area contributed by atoms with Crippen molar-refractivity contribution in [1.82, 2.24) is 14.9 Å². The Bertz CT molecular complexity index is 1150. The number of aromatic nitrogens is 2. The lowest BCUT2D eigenvalue weighted by Crippen LogP contribution is -2.41. The molecular formula is C23H22FN3O2S2. The number of amides is 2.